The maximum atomic E-state index is 11.4. The van der Waals surface area contributed by atoms with Crippen molar-refractivity contribution in [1.82, 2.24) is 4.98 Å². The van der Waals surface area contributed by atoms with Gasteiger partial charge < -0.3 is 16.0 Å². The molecule has 94 valence electrons. The van der Waals surface area contributed by atoms with Gasteiger partial charge in [-0.05, 0) is 32.9 Å². The number of pyridine rings is 1. The molecule has 0 fully saturated rings. The molecule has 5 heteroatoms. The van der Waals surface area contributed by atoms with Crippen molar-refractivity contribution in [3.05, 3.63) is 18.3 Å². The minimum absolute atomic E-state index is 0.206. The average molecular weight is 236 g/mol. The standard InChI is InChI=1S/C12H20N4O/c1-4-16(5-2)11-7-6-10(8-14-11)15-12(17)9(3)13/h6-9H,4-5,13H2,1-3H3,(H,15,17). The molecule has 0 aliphatic rings. The Morgan fingerprint density at radius 1 is 1.47 bits per heavy atom. The quantitative estimate of drug-likeness (QED) is 0.806. The van der Waals surface area contributed by atoms with Gasteiger partial charge in [0, 0.05) is 13.1 Å². The van der Waals surface area contributed by atoms with E-state index < -0.39 is 6.04 Å². The summed E-state index contributed by atoms with van der Waals surface area (Å²) < 4.78 is 0. The van der Waals surface area contributed by atoms with E-state index in [9.17, 15) is 4.79 Å². The molecular weight excluding hydrogens is 216 g/mol. The molecule has 0 spiro atoms. The zero-order valence-corrected chi connectivity index (χ0v) is 10.6. The highest BCUT2D eigenvalue weighted by molar-refractivity contribution is 5.94. The van der Waals surface area contributed by atoms with E-state index in [1.165, 1.54) is 0 Å². The Balaban J connectivity index is 2.71. The van der Waals surface area contributed by atoms with Crippen LogP contribution in [0.5, 0.6) is 0 Å². The van der Waals surface area contributed by atoms with E-state index >= 15 is 0 Å². The lowest BCUT2D eigenvalue weighted by molar-refractivity contribution is -0.117. The van der Waals surface area contributed by atoms with Gasteiger partial charge in [0.2, 0.25) is 5.91 Å². The number of carbonyl (C=O) groups excluding carboxylic acids is 1. The molecule has 0 aromatic carbocycles. The first-order valence-electron chi connectivity index (χ1n) is 5.85. The molecule has 0 radical (unpaired) electrons. The summed E-state index contributed by atoms with van der Waals surface area (Å²) >= 11 is 0. The van der Waals surface area contributed by atoms with Gasteiger partial charge in [-0.1, -0.05) is 0 Å². The van der Waals surface area contributed by atoms with Crippen LogP contribution in [0.15, 0.2) is 18.3 Å². The van der Waals surface area contributed by atoms with Gasteiger partial charge >= 0.3 is 0 Å². The van der Waals surface area contributed by atoms with Crippen LogP contribution in [-0.4, -0.2) is 30.0 Å². The zero-order valence-electron chi connectivity index (χ0n) is 10.6. The lowest BCUT2D eigenvalue weighted by atomic mass is 10.3. The minimum atomic E-state index is -0.516. The fraction of sp³-hybridized carbons (Fsp3) is 0.500. The lowest BCUT2D eigenvalue weighted by Crippen LogP contribution is -2.32. The van der Waals surface area contributed by atoms with Gasteiger partial charge in [0.15, 0.2) is 0 Å². The number of aromatic nitrogens is 1. The Hall–Kier alpha value is -1.62. The second kappa shape index (κ2) is 6.20. The molecule has 1 heterocycles. The number of carbonyl (C=O) groups is 1. The van der Waals surface area contributed by atoms with Crippen molar-refractivity contribution in [3.8, 4) is 0 Å². The van der Waals surface area contributed by atoms with E-state index in [-0.39, 0.29) is 5.91 Å². The van der Waals surface area contributed by atoms with Crippen molar-refractivity contribution >= 4 is 17.4 Å². The third-order valence-electron chi connectivity index (χ3n) is 2.52. The number of amides is 1. The number of hydrogen-bond acceptors (Lipinski definition) is 4. The van der Waals surface area contributed by atoms with Crippen LogP contribution >= 0.6 is 0 Å². The molecule has 0 bridgehead atoms. The van der Waals surface area contributed by atoms with Crippen LogP contribution in [0.1, 0.15) is 20.8 Å². The molecule has 3 N–H and O–H groups in total. The van der Waals surface area contributed by atoms with Crippen LogP contribution in [0.25, 0.3) is 0 Å². The highest BCUT2D eigenvalue weighted by Gasteiger charge is 2.08. The molecule has 1 amide bonds. The van der Waals surface area contributed by atoms with Gasteiger partial charge in [-0.15, -0.1) is 0 Å². The van der Waals surface area contributed by atoms with Crippen molar-refractivity contribution in [3.63, 3.8) is 0 Å². The van der Waals surface area contributed by atoms with Gasteiger partial charge in [-0.2, -0.15) is 0 Å². The third-order valence-corrected chi connectivity index (χ3v) is 2.52. The molecule has 1 unspecified atom stereocenters. The van der Waals surface area contributed by atoms with Crippen molar-refractivity contribution in [2.75, 3.05) is 23.3 Å². The van der Waals surface area contributed by atoms with Gasteiger partial charge in [0.25, 0.3) is 0 Å². The molecule has 0 aliphatic carbocycles. The second-order valence-corrected chi connectivity index (χ2v) is 3.86. The fourth-order valence-electron chi connectivity index (χ4n) is 1.45. The second-order valence-electron chi connectivity index (χ2n) is 3.86. The lowest BCUT2D eigenvalue weighted by Gasteiger charge is -2.19. The predicted octanol–water partition coefficient (Wildman–Crippen LogP) is 1.21. The molecule has 0 saturated heterocycles. The van der Waals surface area contributed by atoms with Crippen LogP contribution in [0.4, 0.5) is 11.5 Å². The van der Waals surface area contributed by atoms with Crippen molar-refractivity contribution in [2.24, 2.45) is 5.73 Å². The van der Waals surface area contributed by atoms with Crippen molar-refractivity contribution in [1.29, 1.82) is 0 Å². The van der Waals surface area contributed by atoms with Crippen LogP contribution in [0.3, 0.4) is 0 Å². The van der Waals surface area contributed by atoms with Gasteiger partial charge in [-0.25, -0.2) is 4.98 Å². The minimum Gasteiger partial charge on any atom is -0.357 e. The average Bonchev–Trinajstić information content (AvgIpc) is 2.32. The molecule has 1 atom stereocenters. The number of nitrogens with two attached hydrogens (primary N) is 1. The molecule has 5 nitrogen and oxygen atoms in total. The Labute approximate surface area is 102 Å². The van der Waals surface area contributed by atoms with E-state index in [1.54, 1.807) is 13.1 Å². The van der Waals surface area contributed by atoms with E-state index in [2.05, 4.69) is 29.0 Å². The van der Waals surface area contributed by atoms with Crippen molar-refractivity contribution < 1.29 is 4.79 Å². The highest BCUT2D eigenvalue weighted by atomic mass is 16.2. The molecule has 0 saturated carbocycles. The Morgan fingerprint density at radius 3 is 2.53 bits per heavy atom. The summed E-state index contributed by atoms with van der Waals surface area (Å²) in [6.07, 6.45) is 1.65. The summed E-state index contributed by atoms with van der Waals surface area (Å²) in [6, 6.07) is 3.21. The van der Waals surface area contributed by atoms with Crippen LogP contribution in [-0.2, 0) is 4.79 Å². The van der Waals surface area contributed by atoms with Crippen LogP contribution in [0, 0.1) is 0 Å². The van der Waals surface area contributed by atoms with Gasteiger partial charge in [-0.3, -0.25) is 4.79 Å². The topological polar surface area (TPSA) is 71.2 Å². The smallest absolute Gasteiger partial charge is 0.241 e. The summed E-state index contributed by atoms with van der Waals surface area (Å²) in [4.78, 5) is 17.8. The Kier molecular flexibility index (Phi) is 4.90. The highest BCUT2D eigenvalue weighted by Crippen LogP contribution is 2.13. The molecule has 0 aliphatic heterocycles. The Morgan fingerprint density at radius 2 is 2.12 bits per heavy atom. The van der Waals surface area contributed by atoms with Crippen LogP contribution in [0.2, 0.25) is 0 Å². The van der Waals surface area contributed by atoms with Crippen LogP contribution < -0.4 is 16.0 Å². The summed E-state index contributed by atoms with van der Waals surface area (Å²) in [5.74, 6) is 0.705. The SMILES string of the molecule is CCN(CC)c1ccc(NC(=O)C(C)N)cn1. The zero-order chi connectivity index (χ0) is 12.8. The molecule has 1 rings (SSSR count). The number of nitrogens with one attached hydrogen (secondary N) is 1. The van der Waals surface area contributed by atoms with Crippen molar-refractivity contribution in [2.45, 2.75) is 26.8 Å². The maximum absolute atomic E-state index is 11.4. The normalized spacial score (nSPS) is 12.0. The number of nitrogens with zero attached hydrogens (tertiary/aromatic N) is 2. The predicted molar refractivity (Wildman–Crippen MR) is 70.1 cm³/mol. The summed E-state index contributed by atoms with van der Waals surface area (Å²) in [5.41, 5.74) is 6.13. The largest absolute Gasteiger partial charge is 0.357 e. The number of rotatable bonds is 5. The first kappa shape index (κ1) is 13.4. The number of hydrogen-bond donors (Lipinski definition) is 2. The van der Waals surface area contributed by atoms with E-state index in [0.29, 0.717) is 5.69 Å². The molecule has 1 aromatic heterocycles. The number of anilines is 2. The summed E-state index contributed by atoms with van der Waals surface area (Å²) in [7, 11) is 0. The van der Waals surface area contributed by atoms with Gasteiger partial charge in [0.1, 0.15) is 5.82 Å². The first-order chi connectivity index (χ1) is 8.08. The molecular formula is C12H20N4O. The monoisotopic (exact) mass is 236 g/mol. The first-order valence-corrected chi connectivity index (χ1v) is 5.85. The van der Waals surface area contributed by atoms with Gasteiger partial charge in [0.05, 0.1) is 17.9 Å². The fourth-order valence-corrected chi connectivity index (χ4v) is 1.45. The molecule has 17 heavy (non-hydrogen) atoms. The summed E-state index contributed by atoms with van der Waals surface area (Å²) in [6.45, 7) is 7.63. The van der Waals surface area contributed by atoms with E-state index in [4.69, 9.17) is 5.73 Å². The third kappa shape index (κ3) is 3.71. The maximum Gasteiger partial charge on any atom is 0.241 e. The summed E-state index contributed by atoms with van der Waals surface area (Å²) in [5, 5.41) is 2.70. The van der Waals surface area contributed by atoms with E-state index in [0.717, 1.165) is 18.9 Å². The van der Waals surface area contributed by atoms with E-state index in [1.807, 2.05) is 12.1 Å². The molecule has 1 aromatic rings. The Bertz CT molecular complexity index is 357.